The van der Waals surface area contributed by atoms with E-state index in [1.807, 2.05) is 0 Å². The summed E-state index contributed by atoms with van der Waals surface area (Å²) in [6.07, 6.45) is 7.07. The van der Waals surface area contributed by atoms with Gasteiger partial charge in [-0.25, -0.2) is 4.79 Å². The predicted molar refractivity (Wildman–Crippen MR) is 54.7 cm³/mol. The van der Waals surface area contributed by atoms with Crippen LogP contribution in [0.3, 0.4) is 0 Å². The van der Waals surface area contributed by atoms with Crippen LogP contribution in [0.4, 0.5) is 0 Å². The molecule has 0 aliphatic heterocycles. The number of hydrogen-bond acceptors (Lipinski definition) is 2. The fourth-order valence-corrected chi connectivity index (χ4v) is 1.24. The standard InChI is InChI=1S/C11H17NO2/c1-2-3-4-5-6-7-10(8-9-12)11(13)14/h8H,2-7H2,1H3,(H,13,14)/b10-8-. The summed E-state index contributed by atoms with van der Waals surface area (Å²) in [5.74, 6) is -0.970. The van der Waals surface area contributed by atoms with E-state index in [4.69, 9.17) is 10.4 Å². The van der Waals surface area contributed by atoms with Gasteiger partial charge in [0.15, 0.2) is 0 Å². The number of nitriles is 1. The number of nitrogens with zero attached hydrogens (tertiary/aromatic N) is 1. The van der Waals surface area contributed by atoms with Crippen molar-refractivity contribution in [3.8, 4) is 6.07 Å². The van der Waals surface area contributed by atoms with Gasteiger partial charge in [0.25, 0.3) is 0 Å². The van der Waals surface area contributed by atoms with Crippen molar-refractivity contribution in [2.45, 2.75) is 45.4 Å². The van der Waals surface area contributed by atoms with Crippen LogP contribution in [0.5, 0.6) is 0 Å². The predicted octanol–water partition coefficient (Wildman–Crippen LogP) is 2.88. The van der Waals surface area contributed by atoms with E-state index in [1.54, 1.807) is 6.07 Å². The van der Waals surface area contributed by atoms with E-state index in [9.17, 15) is 4.79 Å². The van der Waals surface area contributed by atoms with Crippen molar-refractivity contribution in [3.63, 3.8) is 0 Å². The van der Waals surface area contributed by atoms with Crippen molar-refractivity contribution < 1.29 is 9.90 Å². The first-order chi connectivity index (χ1) is 6.72. The molecule has 0 aromatic heterocycles. The van der Waals surface area contributed by atoms with Crippen LogP contribution in [-0.4, -0.2) is 11.1 Å². The van der Waals surface area contributed by atoms with Gasteiger partial charge in [-0.05, 0) is 12.8 Å². The van der Waals surface area contributed by atoms with Crippen molar-refractivity contribution in [1.82, 2.24) is 0 Å². The topological polar surface area (TPSA) is 61.1 Å². The van der Waals surface area contributed by atoms with E-state index < -0.39 is 5.97 Å². The van der Waals surface area contributed by atoms with Crippen LogP contribution in [0.15, 0.2) is 11.6 Å². The maximum absolute atomic E-state index is 10.6. The van der Waals surface area contributed by atoms with Gasteiger partial charge >= 0.3 is 5.97 Å². The molecule has 14 heavy (non-hydrogen) atoms. The fourth-order valence-electron chi connectivity index (χ4n) is 1.24. The third kappa shape index (κ3) is 6.24. The Morgan fingerprint density at radius 2 is 2.00 bits per heavy atom. The third-order valence-electron chi connectivity index (χ3n) is 2.06. The summed E-state index contributed by atoms with van der Waals surface area (Å²) in [5, 5.41) is 17.0. The van der Waals surface area contributed by atoms with Crippen molar-refractivity contribution in [2.24, 2.45) is 0 Å². The first kappa shape index (κ1) is 12.7. The van der Waals surface area contributed by atoms with E-state index in [0.29, 0.717) is 6.42 Å². The zero-order valence-corrected chi connectivity index (χ0v) is 8.62. The molecule has 0 amide bonds. The van der Waals surface area contributed by atoms with Gasteiger partial charge < -0.3 is 5.11 Å². The number of aliphatic carboxylic acids is 1. The molecular formula is C11H17NO2. The van der Waals surface area contributed by atoms with Crippen molar-refractivity contribution in [1.29, 1.82) is 5.26 Å². The molecule has 0 saturated carbocycles. The average Bonchev–Trinajstić information content (AvgIpc) is 2.15. The van der Waals surface area contributed by atoms with Crippen LogP contribution >= 0.6 is 0 Å². The van der Waals surface area contributed by atoms with Gasteiger partial charge in [-0.15, -0.1) is 0 Å². The molecule has 0 heterocycles. The lowest BCUT2D eigenvalue weighted by Gasteiger charge is -2.00. The summed E-state index contributed by atoms with van der Waals surface area (Å²) in [5.41, 5.74) is 0.226. The number of carboxylic acid groups (broad SMARTS) is 1. The van der Waals surface area contributed by atoms with Gasteiger partial charge in [-0.2, -0.15) is 5.26 Å². The Labute approximate surface area is 85.0 Å². The molecule has 0 saturated heterocycles. The molecule has 0 unspecified atom stereocenters. The SMILES string of the molecule is CCCCCCC/C(=C/C#N)C(=O)O. The average molecular weight is 195 g/mol. The molecule has 1 N–H and O–H groups in total. The highest BCUT2D eigenvalue weighted by molar-refractivity contribution is 5.87. The van der Waals surface area contributed by atoms with Crippen LogP contribution in [-0.2, 0) is 4.79 Å². The molecule has 3 heteroatoms. The second kappa shape index (κ2) is 8.31. The Bertz CT molecular complexity index is 238. The Morgan fingerprint density at radius 3 is 2.50 bits per heavy atom. The molecule has 0 rings (SSSR count). The highest BCUT2D eigenvalue weighted by Gasteiger charge is 2.05. The zero-order valence-electron chi connectivity index (χ0n) is 8.62. The molecule has 78 valence electrons. The van der Waals surface area contributed by atoms with Gasteiger partial charge in [-0.3, -0.25) is 0 Å². The summed E-state index contributed by atoms with van der Waals surface area (Å²) in [6, 6.07) is 1.76. The molecule has 3 nitrogen and oxygen atoms in total. The summed E-state index contributed by atoms with van der Waals surface area (Å²) in [6.45, 7) is 2.14. The van der Waals surface area contributed by atoms with Crippen molar-refractivity contribution in [3.05, 3.63) is 11.6 Å². The largest absolute Gasteiger partial charge is 0.478 e. The Kier molecular flexibility index (Phi) is 7.53. The number of carboxylic acids is 1. The summed E-state index contributed by atoms with van der Waals surface area (Å²) >= 11 is 0. The molecule has 0 aliphatic carbocycles. The maximum Gasteiger partial charge on any atom is 0.332 e. The zero-order chi connectivity index (χ0) is 10.8. The Hall–Kier alpha value is -1.30. The lowest BCUT2D eigenvalue weighted by molar-refractivity contribution is -0.132. The van der Waals surface area contributed by atoms with Crippen molar-refractivity contribution >= 4 is 5.97 Å². The quantitative estimate of drug-likeness (QED) is 0.386. The van der Waals surface area contributed by atoms with Crippen LogP contribution in [0.1, 0.15) is 45.4 Å². The summed E-state index contributed by atoms with van der Waals surface area (Å²) < 4.78 is 0. The van der Waals surface area contributed by atoms with Gasteiger partial charge in [0.2, 0.25) is 0 Å². The molecular weight excluding hydrogens is 178 g/mol. The van der Waals surface area contributed by atoms with Gasteiger partial charge in [0.1, 0.15) is 0 Å². The van der Waals surface area contributed by atoms with Crippen molar-refractivity contribution in [2.75, 3.05) is 0 Å². The Balaban J connectivity index is 3.69. The van der Waals surface area contributed by atoms with Gasteiger partial charge in [-0.1, -0.05) is 32.6 Å². The molecule has 0 radical (unpaired) electrons. The van der Waals surface area contributed by atoms with Crippen LogP contribution in [0, 0.1) is 11.3 Å². The fraction of sp³-hybridized carbons (Fsp3) is 0.636. The number of hydrogen-bond donors (Lipinski definition) is 1. The lowest BCUT2D eigenvalue weighted by atomic mass is 10.1. The normalized spacial score (nSPS) is 11.0. The molecule has 0 atom stereocenters. The summed E-state index contributed by atoms with van der Waals surface area (Å²) in [4.78, 5) is 10.6. The van der Waals surface area contributed by atoms with Crippen LogP contribution < -0.4 is 0 Å². The first-order valence-corrected chi connectivity index (χ1v) is 5.04. The van der Waals surface area contributed by atoms with E-state index in [-0.39, 0.29) is 5.57 Å². The van der Waals surface area contributed by atoms with Crippen LogP contribution in [0.2, 0.25) is 0 Å². The molecule has 0 aromatic rings. The van der Waals surface area contributed by atoms with E-state index in [2.05, 4.69) is 6.92 Å². The molecule has 0 fully saturated rings. The van der Waals surface area contributed by atoms with E-state index in [0.717, 1.165) is 25.3 Å². The minimum Gasteiger partial charge on any atom is -0.478 e. The van der Waals surface area contributed by atoms with Gasteiger partial charge in [0, 0.05) is 11.6 Å². The second-order valence-corrected chi connectivity index (χ2v) is 3.27. The molecule has 0 bridgehead atoms. The molecule has 0 aromatic carbocycles. The molecule has 0 aliphatic rings. The Morgan fingerprint density at radius 1 is 1.36 bits per heavy atom. The van der Waals surface area contributed by atoms with Crippen LogP contribution in [0.25, 0.3) is 0 Å². The maximum atomic E-state index is 10.6. The van der Waals surface area contributed by atoms with E-state index >= 15 is 0 Å². The highest BCUT2D eigenvalue weighted by Crippen LogP contribution is 2.10. The molecule has 0 spiro atoms. The smallest absolute Gasteiger partial charge is 0.332 e. The third-order valence-corrected chi connectivity index (χ3v) is 2.06. The number of rotatable bonds is 7. The highest BCUT2D eigenvalue weighted by atomic mass is 16.4. The first-order valence-electron chi connectivity index (χ1n) is 5.04. The second-order valence-electron chi connectivity index (χ2n) is 3.27. The lowest BCUT2D eigenvalue weighted by Crippen LogP contribution is -2.00. The summed E-state index contributed by atoms with van der Waals surface area (Å²) in [7, 11) is 0. The number of carbonyl (C=O) groups is 1. The number of unbranched alkanes of at least 4 members (excludes halogenated alkanes) is 4. The minimum absolute atomic E-state index is 0.226. The monoisotopic (exact) mass is 195 g/mol. The minimum atomic E-state index is -0.970. The number of allylic oxidation sites excluding steroid dienone is 1. The van der Waals surface area contributed by atoms with Gasteiger partial charge in [0.05, 0.1) is 6.07 Å². The van der Waals surface area contributed by atoms with E-state index in [1.165, 1.54) is 12.8 Å².